The van der Waals surface area contributed by atoms with Gasteiger partial charge in [-0.3, -0.25) is 9.78 Å². The predicted octanol–water partition coefficient (Wildman–Crippen LogP) is 2.81. The second-order valence-electron chi connectivity index (χ2n) is 3.22. The molecule has 0 bridgehead atoms. The number of hydrogen-bond donors (Lipinski definition) is 1. The Labute approximate surface area is 104 Å². The minimum Gasteiger partial charge on any atom is -0.320 e. The van der Waals surface area contributed by atoms with Gasteiger partial charge in [0, 0.05) is 6.20 Å². The number of nitrogens with one attached hydrogen (secondary N) is 1. The Bertz CT molecular complexity index is 553. The quantitative estimate of drug-likeness (QED) is 0.915. The molecule has 94 valence electrons. The Morgan fingerprint density at radius 2 is 2.17 bits per heavy atom. The summed E-state index contributed by atoms with van der Waals surface area (Å²) in [6, 6.07) is 3.09. The highest BCUT2D eigenvalue weighted by atomic mass is 32.1. The molecule has 2 rings (SSSR count). The highest BCUT2D eigenvalue weighted by Crippen LogP contribution is 2.32. The molecule has 8 heteroatoms. The van der Waals surface area contributed by atoms with Crippen LogP contribution in [0.25, 0.3) is 0 Å². The zero-order chi connectivity index (χ0) is 13.2. The third-order valence-electron chi connectivity index (χ3n) is 1.96. The minimum absolute atomic E-state index is 0.323. The summed E-state index contributed by atoms with van der Waals surface area (Å²) in [6.45, 7) is 0. The Morgan fingerprint density at radius 1 is 1.39 bits per heavy atom. The van der Waals surface area contributed by atoms with Crippen LogP contribution in [0.1, 0.15) is 15.4 Å². The lowest BCUT2D eigenvalue weighted by Gasteiger charge is -2.06. The highest BCUT2D eigenvalue weighted by molar-refractivity contribution is 7.12. The smallest absolute Gasteiger partial charge is 0.320 e. The maximum Gasteiger partial charge on any atom is 0.434 e. The van der Waals surface area contributed by atoms with E-state index in [1.807, 2.05) is 0 Å². The van der Waals surface area contributed by atoms with Gasteiger partial charge in [-0.1, -0.05) is 0 Å². The van der Waals surface area contributed by atoms with Crippen LogP contribution in [0.15, 0.2) is 30.0 Å². The first-order valence-electron chi connectivity index (χ1n) is 4.70. The maximum atomic E-state index is 12.5. The number of alkyl halides is 3. The van der Waals surface area contributed by atoms with Crippen molar-refractivity contribution in [1.29, 1.82) is 0 Å². The lowest BCUT2D eigenvalue weighted by atomic mass is 10.3. The fourth-order valence-electron chi connectivity index (χ4n) is 1.23. The van der Waals surface area contributed by atoms with E-state index in [9.17, 15) is 18.0 Å². The Balaban J connectivity index is 2.23. The monoisotopic (exact) mass is 273 g/mol. The average molecular weight is 273 g/mol. The van der Waals surface area contributed by atoms with Gasteiger partial charge in [0.1, 0.15) is 4.88 Å². The number of hydrogen-bond acceptors (Lipinski definition) is 4. The van der Waals surface area contributed by atoms with Crippen molar-refractivity contribution in [3.63, 3.8) is 0 Å². The van der Waals surface area contributed by atoms with E-state index in [4.69, 9.17) is 0 Å². The maximum absolute atomic E-state index is 12.5. The zero-order valence-electron chi connectivity index (χ0n) is 8.73. The molecule has 0 atom stereocenters. The molecule has 0 spiro atoms. The van der Waals surface area contributed by atoms with E-state index in [-0.39, 0.29) is 0 Å². The number of thiazole rings is 1. The van der Waals surface area contributed by atoms with Crippen LogP contribution in [0.5, 0.6) is 0 Å². The summed E-state index contributed by atoms with van der Waals surface area (Å²) >= 11 is 0.640. The fraction of sp³-hybridized carbons (Fsp3) is 0.100. The Kier molecular flexibility index (Phi) is 3.28. The topological polar surface area (TPSA) is 54.9 Å². The number of nitrogens with zero attached hydrogens (tertiary/aromatic N) is 2. The van der Waals surface area contributed by atoms with Crippen molar-refractivity contribution in [2.24, 2.45) is 0 Å². The van der Waals surface area contributed by atoms with E-state index < -0.39 is 22.7 Å². The molecule has 1 N–H and O–H groups in total. The van der Waals surface area contributed by atoms with Crippen LogP contribution in [0.4, 0.5) is 18.9 Å². The van der Waals surface area contributed by atoms with E-state index in [0.717, 1.165) is 5.51 Å². The number of pyridine rings is 1. The second kappa shape index (κ2) is 4.73. The first kappa shape index (κ1) is 12.5. The molecule has 0 unspecified atom stereocenters. The average Bonchev–Trinajstić information content (AvgIpc) is 2.79. The van der Waals surface area contributed by atoms with E-state index >= 15 is 0 Å². The molecular weight excluding hydrogens is 267 g/mol. The summed E-state index contributed by atoms with van der Waals surface area (Å²) in [5.74, 6) is -0.849. The van der Waals surface area contributed by atoms with Crippen LogP contribution in [0.2, 0.25) is 0 Å². The van der Waals surface area contributed by atoms with Gasteiger partial charge >= 0.3 is 6.18 Å². The van der Waals surface area contributed by atoms with Gasteiger partial charge in [0.2, 0.25) is 0 Å². The van der Waals surface area contributed by atoms with Gasteiger partial charge in [0.05, 0.1) is 17.4 Å². The Morgan fingerprint density at radius 3 is 2.78 bits per heavy atom. The summed E-state index contributed by atoms with van der Waals surface area (Å²) in [6.07, 6.45) is -1.81. The standard InChI is InChI=1S/C10H6F3N3OS/c11-10(12,13)8-7(18-5-15-8)9(17)16-6-2-1-3-14-4-6/h1-5H,(H,16,17). The number of halogens is 3. The molecule has 0 saturated heterocycles. The summed E-state index contributed by atoms with van der Waals surface area (Å²) in [7, 11) is 0. The van der Waals surface area contributed by atoms with Crippen molar-refractivity contribution < 1.29 is 18.0 Å². The first-order chi connectivity index (χ1) is 8.48. The molecule has 0 aliphatic heterocycles. The third-order valence-corrected chi connectivity index (χ3v) is 2.79. The first-order valence-corrected chi connectivity index (χ1v) is 5.58. The summed E-state index contributed by atoms with van der Waals surface area (Å²) in [4.78, 5) is 18.1. The van der Waals surface area contributed by atoms with Crippen LogP contribution >= 0.6 is 11.3 Å². The molecule has 2 heterocycles. The summed E-state index contributed by atoms with van der Waals surface area (Å²) < 4.78 is 37.6. The van der Waals surface area contributed by atoms with Gasteiger partial charge < -0.3 is 5.32 Å². The van der Waals surface area contributed by atoms with Crippen LogP contribution < -0.4 is 5.32 Å². The molecule has 18 heavy (non-hydrogen) atoms. The fourth-order valence-corrected chi connectivity index (χ4v) is 1.94. The number of carbonyl (C=O) groups excluding carboxylic acids is 1. The molecule has 4 nitrogen and oxygen atoms in total. The zero-order valence-corrected chi connectivity index (χ0v) is 9.55. The summed E-state index contributed by atoms with van der Waals surface area (Å²) in [5, 5.41) is 2.33. The van der Waals surface area contributed by atoms with E-state index in [1.54, 1.807) is 6.07 Å². The largest absolute Gasteiger partial charge is 0.434 e. The van der Waals surface area contributed by atoms with Gasteiger partial charge in [-0.15, -0.1) is 11.3 Å². The molecule has 2 aromatic heterocycles. The number of anilines is 1. The van der Waals surface area contributed by atoms with Gasteiger partial charge in [-0.25, -0.2) is 4.98 Å². The van der Waals surface area contributed by atoms with Crippen molar-refractivity contribution >= 4 is 22.9 Å². The van der Waals surface area contributed by atoms with E-state index in [2.05, 4.69) is 15.3 Å². The molecular formula is C10H6F3N3OS. The van der Waals surface area contributed by atoms with Crippen LogP contribution in [0.3, 0.4) is 0 Å². The van der Waals surface area contributed by atoms with Crippen molar-refractivity contribution in [3.8, 4) is 0 Å². The predicted molar refractivity (Wildman–Crippen MR) is 59.3 cm³/mol. The normalized spacial score (nSPS) is 11.3. The molecule has 2 aromatic rings. The van der Waals surface area contributed by atoms with Crippen LogP contribution in [0, 0.1) is 0 Å². The number of carbonyl (C=O) groups is 1. The van der Waals surface area contributed by atoms with Crippen molar-refractivity contribution in [2.75, 3.05) is 5.32 Å². The number of rotatable bonds is 2. The molecule has 0 fully saturated rings. The SMILES string of the molecule is O=C(Nc1cccnc1)c1scnc1C(F)(F)F. The summed E-state index contributed by atoms with van der Waals surface area (Å²) in [5.41, 5.74) is 0.138. The molecule has 0 aromatic carbocycles. The van der Waals surface area contributed by atoms with Crippen LogP contribution in [-0.4, -0.2) is 15.9 Å². The van der Waals surface area contributed by atoms with Gasteiger partial charge in [0.25, 0.3) is 5.91 Å². The molecule has 1 amide bonds. The Hall–Kier alpha value is -1.96. The number of aromatic nitrogens is 2. The highest BCUT2D eigenvalue weighted by Gasteiger charge is 2.38. The van der Waals surface area contributed by atoms with Gasteiger partial charge in [-0.2, -0.15) is 13.2 Å². The number of amides is 1. The molecule has 0 aliphatic rings. The lowest BCUT2D eigenvalue weighted by Crippen LogP contribution is -2.17. The van der Waals surface area contributed by atoms with Crippen molar-refractivity contribution in [3.05, 3.63) is 40.6 Å². The van der Waals surface area contributed by atoms with E-state index in [1.165, 1.54) is 18.5 Å². The third kappa shape index (κ3) is 2.65. The second-order valence-corrected chi connectivity index (χ2v) is 4.08. The van der Waals surface area contributed by atoms with Crippen LogP contribution in [-0.2, 0) is 6.18 Å². The molecule has 0 radical (unpaired) electrons. The minimum atomic E-state index is -4.64. The van der Waals surface area contributed by atoms with Crippen molar-refractivity contribution in [2.45, 2.75) is 6.18 Å². The van der Waals surface area contributed by atoms with Gasteiger partial charge in [-0.05, 0) is 12.1 Å². The molecule has 0 saturated carbocycles. The van der Waals surface area contributed by atoms with Gasteiger partial charge in [0.15, 0.2) is 5.69 Å². The molecule has 0 aliphatic carbocycles. The van der Waals surface area contributed by atoms with E-state index in [0.29, 0.717) is 17.0 Å². The van der Waals surface area contributed by atoms with Crippen molar-refractivity contribution in [1.82, 2.24) is 9.97 Å². The lowest BCUT2D eigenvalue weighted by molar-refractivity contribution is -0.141.